The number of carbonyl (C=O) groups excluding carboxylic acids is 1. The van der Waals surface area contributed by atoms with E-state index in [2.05, 4.69) is 27.7 Å². The number of Topliss-reactive ketones (excluding diaryl/α,β-unsaturated/α-hetero) is 1. The Labute approximate surface area is 94.6 Å². The zero-order valence-electron chi connectivity index (χ0n) is 11.2. The van der Waals surface area contributed by atoms with E-state index in [-0.39, 0.29) is 5.92 Å². The normalized spacial score (nSPS) is 25.5. The van der Waals surface area contributed by atoms with E-state index in [4.69, 9.17) is 0 Å². The van der Waals surface area contributed by atoms with Crippen LogP contribution in [0.15, 0.2) is 0 Å². The van der Waals surface area contributed by atoms with Gasteiger partial charge >= 0.3 is 0 Å². The van der Waals surface area contributed by atoms with Crippen molar-refractivity contribution in [1.82, 2.24) is 0 Å². The summed E-state index contributed by atoms with van der Waals surface area (Å²) in [5, 5.41) is 0. The molecule has 1 aliphatic rings. The van der Waals surface area contributed by atoms with E-state index in [1.165, 1.54) is 6.42 Å². The van der Waals surface area contributed by atoms with Crippen molar-refractivity contribution in [1.29, 1.82) is 0 Å². The van der Waals surface area contributed by atoms with Crippen LogP contribution in [0.25, 0.3) is 0 Å². The van der Waals surface area contributed by atoms with Crippen LogP contribution in [0.3, 0.4) is 0 Å². The zero-order valence-corrected chi connectivity index (χ0v) is 11.2. The highest BCUT2D eigenvalue weighted by molar-refractivity contribution is 5.83. The highest BCUT2D eigenvalue weighted by Crippen LogP contribution is 2.48. The molecule has 0 unspecified atom stereocenters. The number of hydrogen-bond donors (Lipinski definition) is 0. The van der Waals surface area contributed by atoms with Crippen LogP contribution in [0.1, 0.15) is 60.8 Å². The molecular formula is C14H26O. The van der Waals surface area contributed by atoms with E-state index >= 15 is 0 Å². The second kappa shape index (κ2) is 3.92. The average molecular weight is 210 g/mol. The lowest BCUT2D eigenvalue weighted by Gasteiger charge is -2.44. The minimum Gasteiger partial charge on any atom is -0.299 e. The average Bonchev–Trinajstić information content (AvgIpc) is 1.96. The molecule has 1 nitrogen and oxygen atoms in total. The molecule has 0 aliphatic heterocycles. The Kier molecular flexibility index (Phi) is 3.33. The molecule has 0 amide bonds. The summed E-state index contributed by atoms with van der Waals surface area (Å²) in [6.45, 7) is 13.2. The highest BCUT2D eigenvalue weighted by Gasteiger charge is 2.41. The Balaban J connectivity index is 2.80. The Bertz CT molecular complexity index is 232. The zero-order chi connectivity index (χ0) is 11.9. The number of ketones is 1. The van der Waals surface area contributed by atoms with Gasteiger partial charge in [0.25, 0.3) is 0 Å². The summed E-state index contributed by atoms with van der Waals surface area (Å²) < 4.78 is 0. The molecular weight excluding hydrogens is 184 g/mol. The van der Waals surface area contributed by atoms with Crippen molar-refractivity contribution < 1.29 is 4.79 Å². The summed E-state index contributed by atoms with van der Waals surface area (Å²) in [7, 11) is 0. The Hall–Kier alpha value is -0.330. The molecule has 0 atom stereocenters. The Morgan fingerprint density at radius 1 is 1.07 bits per heavy atom. The van der Waals surface area contributed by atoms with Crippen molar-refractivity contribution >= 4 is 5.78 Å². The fraction of sp³-hybridized carbons (Fsp3) is 0.929. The molecule has 1 aliphatic carbocycles. The van der Waals surface area contributed by atoms with Crippen LogP contribution in [0.2, 0.25) is 0 Å². The minimum atomic E-state index is 0.194. The molecule has 15 heavy (non-hydrogen) atoms. The van der Waals surface area contributed by atoms with E-state index in [1.807, 2.05) is 13.8 Å². The van der Waals surface area contributed by atoms with Crippen LogP contribution in [0.5, 0.6) is 0 Å². The summed E-state index contributed by atoms with van der Waals surface area (Å²) in [4.78, 5) is 12.1. The third-order valence-electron chi connectivity index (χ3n) is 3.53. The quantitative estimate of drug-likeness (QED) is 0.671. The molecule has 0 aromatic rings. The van der Waals surface area contributed by atoms with E-state index < -0.39 is 0 Å². The van der Waals surface area contributed by atoms with Gasteiger partial charge in [-0.1, -0.05) is 41.5 Å². The lowest BCUT2D eigenvalue weighted by atomic mass is 9.60. The molecule has 1 fully saturated rings. The maximum atomic E-state index is 12.1. The van der Waals surface area contributed by atoms with Crippen molar-refractivity contribution in [3.63, 3.8) is 0 Å². The minimum absolute atomic E-state index is 0.194. The second-order valence-corrected chi connectivity index (χ2v) is 7.17. The lowest BCUT2D eigenvalue weighted by molar-refractivity contribution is -0.130. The smallest absolute Gasteiger partial charge is 0.138 e. The van der Waals surface area contributed by atoms with Crippen molar-refractivity contribution in [3.05, 3.63) is 0 Å². The van der Waals surface area contributed by atoms with Gasteiger partial charge in [0.2, 0.25) is 0 Å². The Morgan fingerprint density at radius 2 is 1.47 bits per heavy atom. The summed E-state index contributed by atoms with van der Waals surface area (Å²) in [6.07, 6.45) is 3.39. The van der Waals surface area contributed by atoms with Gasteiger partial charge in [-0.3, -0.25) is 4.79 Å². The number of hydrogen-bond acceptors (Lipinski definition) is 1. The van der Waals surface area contributed by atoms with E-state index in [1.54, 1.807) is 0 Å². The molecule has 88 valence electrons. The van der Waals surface area contributed by atoms with Crippen molar-refractivity contribution in [3.8, 4) is 0 Å². The van der Waals surface area contributed by atoms with Gasteiger partial charge in [-0.2, -0.15) is 0 Å². The molecule has 0 saturated heterocycles. The third-order valence-corrected chi connectivity index (χ3v) is 3.53. The van der Waals surface area contributed by atoms with Crippen molar-refractivity contribution in [2.45, 2.75) is 60.8 Å². The van der Waals surface area contributed by atoms with E-state index in [9.17, 15) is 4.79 Å². The first kappa shape index (κ1) is 12.7. The first-order valence-corrected chi connectivity index (χ1v) is 6.17. The SMILES string of the molecule is CC(C)C(=O)C1CC(C)(C)CC(C)(C)C1. The fourth-order valence-electron chi connectivity index (χ4n) is 3.52. The largest absolute Gasteiger partial charge is 0.299 e. The summed E-state index contributed by atoms with van der Waals surface area (Å²) in [6, 6.07) is 0. The maximum Gasteiger partial charge on any atom is 0.138 e. The summed E-state index contributed by atoms with van der Waals surface area (Å²) in [5.74, 6) is 0.958. The molecule has 1 heteroatoms. The molecule has 1 rings (SSSR count). The molecule has 0 radical (unpaired) electrons. The summed E-state index contributed by atoms with van der Waals surface area (Å²) >= 11 is 0. The van der Waals surface area contributed by atoms with Crippen LogP contribution in [0.4, 0.5) is 0 Å². The molecule has 0 spiro atoms. The van der Waals surface area contributed by atoms with Gasteiger partial charge in [0.1, 0.15) is 5.78 Å². The first-order valence-electron chi connectivity index (χ1n) is 6.17. The molecule has 1 saturated carbocycles. The first-order chi connectivity index (χ1) is 6.63. The Morgan fingerprint density at radius 3 is 1.80 bits per heavy atom. The van der Waals surface area contributed by atoms with Gasteiger partial charge in [0, 0.05) is 11.8 Å². The molecule has 0 aromatic heterocycles. The van der Waals surface area contributed by atoms with E-state index in [0.29, 0.717) is 22.5 Å². The number of rotatable bonds is 2. The monoisotopic (exact) mass is 210 g/mol. The second-order valence-electron chi connectivity index (χ2n) is 7.17. The molecule has 0 N–H and O–H groups in total. The van der Waals surface area contributed by atoms with Gasteiger partial charge in [0.05, 0.1) is 0 Å². The van der Waals surface area contributed by atoms with Crippen LogP contribution < -0.4 is 0 Å². The van der Waals surface area contributed by atoms with Crippen LogP contribution >= 0.6 is 0 Å². The van der Waals surface area contributed by atoms with Crippen LogP contribution in [-0.2, 0) is 4.79 Å². The highest BCUT2D eigenvalue weighted by atomic mass is 16.1. The van der Waals surface area contributed by atoms with Crippen molar-refractivity contribution in [2.75, 3.05) is 0 Å². The van der Waals surface area contributed by atoms with E-state index in [0.717, 1.165) is 12.8 Å². The van der Waals surface area contributed by atoms with Gasteiger partial charge in [-0.15, -0.1) is 0 Å². The van der Waals surface area contributed by atoms with Crippen LogP contribution in [0, 0.1) is 22.7 Å². The number of carbonyl (C=O) groups is 1. The maximum absolute atomic E-state index is 12.1. The molecule has 0 aromatic carbocycles. The van der Waals surface area contributed by atoms with Gasteiger partial charge in [-0.25, -0.2) is 0 Å². The van der Waals surface area contributed by atoms with Crippen molar-refractivity contribution in [2.24, 2.45) is 22.7 Å². The van der Waals surface area contributed by atoms with Gasteiger partial charge < -0.3 is 0 Å². The standard InChI is InChI=1S/C14H26O/c1-10(2)12(15)11-7-13(3,4)9-14(5,6)8-11/h10-11H,7-9H2,1-6H3. The molecule has 0 heterocycles. The van der Waals surface area contributed by atoms with Gasteiger partial charge in [-0.05, 0) is 30.1 Å². The van der Waals surface area contributed by atoms with Gasteiger partial charge in [0.15, 0.2) is 0 Å². The topological polar surface area (TPSA) is 17.1 Å². The molecule has 0 bridgehead atoms. The predicted molar refractivity (Wildman–Crippen MR) is 64.7 cm³/mol. The summed E-state index contributed by atoms with van der Waals surface area (Å²) in [5.41, 5.74) is 0.661. The third kappa shape index (κ3) is 3.32. The lowest BCUT2D eigenvalue weighted by Crippen LogP contribution is -2.38. The van der Waals surface area contributed by atoms with Crippen LogP contribution in [-0.4, -0.2) is 5.78 Å². The predicted octanol–water partition coefficient (Wildman–Crippen LogP) is 4.06. The fourth-order valence-corrected chi connectivity index (χ4v) is 3.52.